The summed E-state index contributed by atoms with van der Waals surface area (Å²) in [6.45, 7) is 5.54. The molecule has 144 valence electrons. The number of rotatable bonds is 3. The van der Waals surface area contributed by atoms with Crippen molar-refractivity contribution in [3.05, 3.63) is 53.3 Å². The largest absolute Gasteiger partial charge is 0.495 e. The minimum atomic E-state index is -0.556. The van der Waals surface area contributed by atoms with Crippen LogP contribution in [0.3, 0.4) is 0 Å². The lowest BCUT2D eigenvalue weighted by atomic mass is 9.90. The summed E-state index contributed by atoms with van der Waals surface area (Å²) in [7, 11) is 1.54. The number of hydrogen-bond donors (Lipinski definition) is 1. The third-order valence-corrected chi connectivity index (χ3v) is 4.87. The lowest BCUT2D eigenvalue weighted by Crippen LogP contribution is -2.35. The van der Waals surface area contributed by atoms with Gasteiger partial charge in [-0.15, -0.1) is 0 Å². The molecule has 0 atom stereocenters. The first-order valence-electron chi connectivity index (χ1n) is 9.03. The van der Waals surface area contributed by atoms with E-state index in [2.05, 4.69) is 5.32 Å². The number of ketones is 1. The average Bonchev–Trinajstić information content (AvgIpc) is 2.98. The third-order valence-electron chi connectivity index (χ3n) is 4.87. The van der Waals surface area contributed by atoms with Crippen LogP contribution in [-0.4, -0.2) is 24.4 Å². The van der Waals surface area contributed by atoms with Gasteiger partial charge >= 0.3 is 0 Å². The van der Waals surface area contributed by atoms with E-state index in [1.54, 1.807) is 37.3 Å². The van der Waals surface area contributed by atoms with Crippen LogP contribution in [0.25, 0.3) is 11.0 Å². The van der Waals surface area contributed by atoms with Gasteiger partial charge in [-0.05, 0) is 45.0 Å². The molecule has 1 N–H and O–H groups in total. The average molecular weight is 379 g/mol. The van der Waals surface area contributed by atoms with E-state index < -0.39 is 11.5 Å². The molecule has 2 heterocycles. The van der Waals surface area contributed by atoms with Crippen molar-refractivity contribution in [2.75, 3.05) is 12.4 Å². The van der Waals surface area contributed by atoms with Crippen LogP contribution in [-0.2, 0) is 0 Å². The number of methoxy groups -OCH3 is 1. The molecule has 4 rings (SSSR count). The zero-order valence-electron chi connectivity index (χ0n) is 16.2. The molecule has 6 heteroatoms. The Morgan fingerprint density at radius 3 is 2.68 bits per heavy atom. The minimum Gasteiger partial charge on any atom is -0.495 e. The third kappa shape index (κ3) is 2.91. The number of nitrogens with one attached hydrogen (secondary N) is 1. The number of hydrogen-bond acceptors (Lipinski definition) is 5. The van der Waals surface area contributed by atoms with E-state index in [1.807, 2.05) is 19.9 Å². The van der Waals surface area contributed by atoms with Gasteiger partial charge in [0.1, 0.15) is 22.7 Å². The van der Waals surface area contributed by atoms with Gasteiger partial charge in [0.25, 0.3) is 5.91 Å². The van der Waals surface area contributed by atoms with Crippen molar-refractivity contribution in [2.24, 2.45) is 0 Å². The molecular weight excluding hydrogens is 358 g/mol. The van der Waals surface area contributed by atoms with Crippen LogP contribution in [0.5, 0.6) is 11.5 Å². The molecule has 1 amide bonds. The summed E-state index contributed by atoms with van der Waals surface area (Å²) in [6, 6.07) is 10.6. The second-order valence-electron chi connectivity index (χ2n) is 7.48. The summed E-state index contributed by atoms with van der Waals surface area (Å²) >= 11 is 0. The molecule has 0 bridgehead atoms. The lowest BCUT2D eigenvalue weighted by molar-refractivity contribution is 0.0623. The van der Waals surface area contributed by atoms with Crippen molar-refractivity contribution in [1.82, 2.24) is 0 Å². The topological polar surface area (TPSA) is 77.8 Å². The van der Waals surface area contributed by atoms with Gasteiger partial charge in [-0.25, -0.2) is 0 Å². The van der Waals surface area contributed by atoms with Crippen molar-refractivity contribution in [1.29, 1.82) is 0 Å². The standard InChI is InChI=1S/C22H21NO5/c1-12-18-16(9-10-17-19(18)14(24)11-22(2,3)28-17)27-20(12)21(25)23-13-7-5-6-8-15(13)26-4/h5-10H,11H2,1-4H3,(H,23,25). The van der Waals surface area contributed by atoms with Crippen LogP contribution in [0.1, 0.15) is 46.7 Å². The van der Waals surface area contributed by atoms with Gasteiger partial charge < -0.3 is 19.2 Å². The van der Waals surface area contributed by atoms with E-state index in [0.717, 1.165) is 0 Å². The molecule has 1 aliphatic rings. The number of anilines is 1. The van der Waals surface area contributed by atoms with Crippen LogP contribution < -0.4 is 14.8 Å². The lowest BCUT2D eigenvalue weighted by Gasteiger charge is -2.31. The molecule has 1 aliphatic heterocycles. The summed E-state index contributed by atoms with van der Waals surface area (Å²) in [4.78, 5) is 25.6. The highest BCUT2D eigenvalue weighted by Crippen LogP contribution is 2.40. The van der Waals surface area contributed by atoms with Gasteiger partial charge in [0.05, 0.1) is 24.8 Å². The van der Waals surface area contributed by atoms with Gasteiger partial charge in [-0.2, -0.15) is 0 Å². The second kappa shape index (κ2) is 6.41. The molecule has 0 saturated heterocycles. The van der Waals surface area contributed by atoms with Gasteiger partial charge in [0, 0.05) is 10.9 Å². The van der Waals surface area contributed by atoms with E-state index in [0.29, 0.717) is 39.3 Å². The number of para-hydroxylation sites is 2. The first-order chi connectivity index (χ1) is 13.3. The van der Waals surface area contributed by atoms with Crippen molar-refractivity contribution in [2.45, 2.75) is 32.8 Å². The molecule has 0 unspecified atom stereocenters. The van der Waals surface area contributed by atoms with Crippen LogP contribution in [0.2, 0.25) is 0 Å². The SMILES string of the molecule is COc1ccccc1NC(=O)c1oc2ccc3c(c2c1C)C(=O)CC(C)(C)O3. The van der Waals surface area contributed by atoms with E-state index in [1.165, 1.54) is 7.11 Å². The predicted octanol–water partition coefficient (Wildman–Crippen LogP) is 4.75. The van der Waals surface area contributed by atoms with Crippen molar-refractivity contribution in [3.63, 3.8) is 0 Å². The van der Waals surface area contributed by atoms with Crippen molar-refractivity contribution in [3.8, 4) is 11.5 Å². The van der Waals surface area contributed by atoms with Crippen LogP contribution in [0.15, 0.2) is 40.8 Å². The normalized spacial score (nSPS) is 15.1. The summed E-state index contributed by atoms with van der Waals surface area (Å²) in [5.74, 6) is 0.808. The smallest absolute Gasteiger partial charge is 0.291 e. The Balaban J connectivity index is 1.78. The number of amides is 1. The van der Waals surface area contributed by atoms with Gasteiger partial charge in [0.15, 0.2) is 11.5 Å². The fourth-order valence-electron chi connectivity index (χ4n) is 3.64. The molecule has 0 aliphatic carbocycles. The quantitative estimate of drug-likeness (QED) is 0.711. The summed E-state index contributed by atoms with van der Waals surface area (Å²) in [5, 5.41) is 3.44. The van der Waals surface area contributed by atoms with E-state index in [4.69, 9.17) is 13.9 Å². The van der Waals surface area contributed by atoms with Gasteiger partial charge in [-0.3, -0.25) is 9.59 Å². The second-order valence-corrected chi connectivity index (χ2v) is 7.48. The Hall–Kier alpha value is -3.28. The fourth-order valence-corrected chi connectivity index (χ4v) is 3.64. The Labute approximate surface area is 162 Å². The molecular formula is C22H21NO5. The van der Waals surface area contributed by atoms with Crippen LogP contribution >= 0.6 is 0 Å². The van der Waals surface area contributed by atoms with Crippen LogP contribution in [0, 0.1) is 6.92 Å². The monoisotopic (exact) mass is 379 g/mol. The van der Waals surface area contributed by atoms with Crippen molar-refractivity contribution < 1.29 is 23.5 Å². The number of benzene rings is 2. The zero-order valence-corrected chi connectivity index (χ0v) is 16.2. The minimum absolute atomic E-state index is 0.0163. The van der Waals surface area contributed by atoms with E-state index >= 15 is 0 Å². The maximum absolute atomic E-state index is 12.8. The number of ether oxygens (including phenoxy) is 2. The van der Waals surface area contributed by atoms with Crippen LogP contribution in [0.4, 0.5) is 5.69 Å². The highest BCUT2D eigenvalue weighted by atomic mass is 16.5. The number of Topliss-reactive ketones (excluding diaryl/α,β-unsaturated/α-hetero) is 1. The Kier molecular flexibility index (Phi) is 4.14. The van der Waals surface area contributed by atoms with Gasteiger partial charge in [0.2, 0.25) is 0 Å². The Bertz CT molecular complexity index is 1110. The molecule has 1 aromatic heterocycles. The molecule has 6 nitrogen and oxygen atoms in total. The first-order valence-corrected chi connectivity index (χ1v) is 9.03. The van der Waals surface area contributed by atoms with Crippen molar-refractivity contribution >= 4 is 28.3 Å². The Morgan fingerprint density at radius 2 is 1.93 bits per heavy atom. The first kappa shape index (κ1) is 18.1. The number of carbonyl (C=O) groups is 2. The zero-order chi connectivity index (χ0) is 20.1. The predicted molar refractivity (Wildman–Crippen MR) is 106 cm³/mol. The van der Waals surface area contributed by atoms with Gasteiger partial charge in [-0.1, -0.05) is 12.1 Å². The summed E-state index contributed by atoms with van der Waals surface area (Å²) in [6.07, 6.45) is 0.270. The maximum atomic E-state index is 12.8. The van der Waals surface area contributed by atoms with E-state index in [9.17, 15) is 9.59 Å². The molecule has 0 saturated carbocycles. The highest BCUT2D eigenvalue weighted by molar-refractivity contribution is 6.15. The molecule has 0 spiro atoms. The molecule has 28 heavy (non-hydrogen) atoms. The number of fused-ring (bicyclic) bond motifs is 3. The summed E-state index contributed by atoms with van der Waals surface area (Å²) < 4.78 is 17.1. The summed E-state index contributed by atoms with van der Waals surface area (Å²) in [5.41, 5.74) is 1.56. The highest BCUT2D eigenvalue weighted by Gasteiger charge is 2.35. The number of furan rings is 1. The number of carbonyl (C=O) groups excluding carboxylic acids is 2. The molecule has 0 radical (unpaired) electrons. The fraction of sp³-hybridized carbons (Fsp3) is 0.273. The molecule has 0 fully saturated rings. The maximum Gasteiger partial charge on any atom is 0.291 e. The molecule has 3 aromatic rings. The number of aryl methyl sites for hydroxylation is 1. The molecule has 2 aromatic carbocycles. The van der Waals surface area contributed by atoms with E-state index in [-0.39, 0.29) is 18.0 Å². The Morgan fingerprint density at radius 1 is 1.18 bits per heavy atom.